The van der Waals surface area contributed by atoms with E-state index in [2.05, 4.69) is 0 Å². The van der Waals surface area contributed by atoms with Crippen molar-refractivity contribution in [1.82, 2.24) is 0 Å². The maximum absolute atomic E-state index is 12.1. The Kier molecular flexibility index (Phi) is 9.22. The van der Waals surface area contributed by atoms with Gasteiger partial charge in [-0.15, -0.1) is 0 Å². The standard InChI is InChI=1S/2C12H11O2P.Fe/c2*13-15(14,11-7-3-1-4-8-11)12-9-5-2-6-10-12;/h2*1-10H,(H,13,14);/q;;+2/p-2. The molecule has 0 bridgehead atoms. The van der Waals surface area contributed by atoms with Crippen molar-refractivity contribution in [1.29, 1.82) is 0 Å². The van der Waals surface area contributed by atoms with E-state index in [4.69, 9.17) is 0 Å². The summed E-state index contributed by atoms with van der Waals surface area (Å²) in [4.78, 5) is 24.1. The first kappa shape index (κ1) is 25.0. The monoisotopic (exact) mass is 490 g/mol. The van der Waals surface area contributed by atoms with E-state index in [1.165, 1.54) is 0 Å². The van der Waals surface area contributed by atoms with Gasteiger partial charge in [0.2, 0.25) is 0 Å². The normalized spacial score (nSPS) is 10.9. The van der Waals surface area contributed by atoms with Gasteiger partial charge >= 0.3 is 17.1 Å². The molecule has 0 fully saturated rings. The minimum absolute atomic E-state index is 0. The van der Waals surface area contributed by atoms with E-state index < -0.39 is 14.7 Å². The van der Waals surface area contributed by atoms with Gasteiger partial charge in [-0.1, -0.05) is 121 Å². The van der Waals surface area contributed by atoms with E-state index in [1.54, 1.807) is 121 Å². The molecule has 0 aliphatic rings. The zero-order chi connectivity index (χ0) is 21.5. The third kappa shape index (κ3) is 6.38. The second-order valence-corrected chi connectivity index (χ2v) is 10.7. The molecule has 0 unspecified atom stereocenters. The summed E-state index contributed by atoms with van der Waals surface area (Å²) in [5.74, 6) is 0. The average Bonchev–Trinajstić information content (AvgIpc) is 2.82. The Morgan fingerprint density at radius 3 is 0.710 bits per heavy atom. The molecule has 0 radical (unpaired) electrons. The Balaban J connectivity index is 0.000000213. The van der Waals surface area contributed by atoms with Gasteiger partial charge in [-0.05, 0) is 0 Å². The van der Waals surface area contributed by atoms with Crippen LogP contribution in [-0.2, 0) is 26.2 Å². The predicted octanol–water partition coefficient (Wildman–Crippen LogP) is 2.55. The fourth-order valence-corrected chi connectivity index (χ4v) is 5.65. The molecule has 4 aromatic rings. The van der Waals surface area contributed by atoms with Crippen LogP contribution in [0.1, 0.15) is 0 Å². The van der Waals surface area contributed by atoms with Gasteiger partial charge in [0, 0.05) is 21.2 Å². The van der Waals surface area contributed by atoms with Gasteiger partial charge in [-0.25, -0.2) is 0 Å². The van der Waals surface area contributed by atoms with Crippen molar-refractivity contribution in [3.05, 3.63) is 121 Å². The number of rotatable bonds is 4. The molecule has 0 amide bonds. The Hall–Kier alpha value is -2.22. The maximum Gasteiger partial charge on any atom is 2.00 e. The summed E-state index contributed by atoms with van der Waals surface area (Å²) in [6, 6.07) is 33.9. The summed E-state index contributed by atoms with van der Waals surface area (Å²) in [5.41, 5.74) is 0. The second-order valence-electron chi connectivity index (χ2n) is 6.45. The van der Waals surface area contributed by atoms with Crippen molar-refractivity contribution in [2.75, 3.05) is 0 Å². The molecule has 0 N–H and O–H groups in total. The number of hydrogen-bond acceptors (Lipinski definition) is 4. The summed E-state index contributed by atoms with van der Waals surface area (Å²) in [6.45, 7) is 0. The molecule has 158 valence electrons. The molecule has 31 heavy (non-hydrogen) atoms. The fourth-order valence-electron chi connectivity index (χ4n) is 2.80. The van der Waals surface area contributed by atoms with Crippen molar-refractivity contribution in [2.45, 2.75) is 0 Å². The molecule has 4 nitrogen and oxygen atoms in total. The SMILES string of the molecule is O=P([O-])(c1ccccc1)c1ccccc1.O=P([O-])(c1ccccc1)c1ccccc1.[Fe+2]. The largest absolute Gasteiger partial charge is 2.00 e. The van der Waals surface area contributed by atoms with Crippen LogP contribution in [-0.4, -0.2) is 0 Å². The quantitative estimate of drug-likeness (QED) is 0.326. The van der Waals surface area contributed by atoms with E-state index in [-0.39, 0.29) is 17.1 Å². The van der Waals surface area contributed by atoms with E-state index in [1.807, 2.05) is 0 Å². The van der Waals surface area contributed by atoms with Gasteiger partial charge in [-0.2, -0.15) is 0 Å². The summed E-state index contributed by atoms with van der Waals surface area (Å²) < 4.78 is 24.1. The minimum Gasteiger partial charge on any atom is -0.793 e. The molecule has 0 saturated heterocycles. The van der Waals surface area contributed by atoms with Gasteiger partial charge in [0.1, 0.15) is 0 Å². The Morgan fingerprint density at radius 2 is 0.548 bits per heavy atom. The van der Waals surface area contributed by atoms with Crippen LogP contribution in [0.5, 0.6) is 0 Å². The Morgan fingerprint density at radius 1 is 0.387 bits per heavy atom. The first-order chi connectivity index (χ1) is 14.4. The molecule has 0 heterocycles. The molecule has 7 heteroatoms. The molecule has 0 atom stereocenters. The van der Waals surface area contributed by atoms with Crippen LogP contribution in [0.4, 0.5) is 0 Å². The van der Waals surface area contributed by atoms with Crippen LogP contribution in [0.3, 0.4) is 0 Å². The summed E-state index contributed by atoms with van der Waals surface area (Å²) >= 11 is 0. The van der Waals surface area contributed by atoms with Crippen molar-refractivity contribution >= 4 is 36.0 Å². The average molecular weight is 490 g/mol. The summed E-state index contributed by atoms with van der Waals surface area (Å²) in [5, 5.41) is 1.43. The van der Waals surface area contributed by atoms with Crippen molar-refractivity contribution in [3.8, 4) is 0 Å². The molecule has 4 aromatic carbocycles. The van der Waals surface area contributed by atoms with Crippen LogP contribution in [0.25, 0.3) is 0 Å². The fraction of sp³-hybridized carbons (Fsp3) is 0. The molecular formula is C24H20FeO4P2. The van der Waals surface area contributed by atoms with Gasteiger partial charge in [-0.3, -0.25) is 0 Å². The molecule has 0 aromatic heterocycles. The van der Waals surface area contributed by atoms with Crippen LogP contribution in [0.2, 0.25) is 0 Å². The van der Waals surface area contributed by atoms with Crippen molar-refractivity contribution in [3.63, 3.8) is 0 Å². The Labute approximate surface area is 193 Å². The molecule has 0 aliphatic carbocycles. The van der Waals surface area contributed by atoms with Crippen LogP contribution in [0.15, 0.2) is 121 Å². The predicted molar refractivity (Wildman–Crippen MR) is 120 cm³/mol. The summed E-state index contributed by atoms with van der Waals surface area (Å²) in [7, 11) is -7.29. The Bertz CT molecular complexity index is 973. The number of hydrogen-bond donors (Lipinski definition) is 0. The molecule has 0 spiro atoms. The molecule has 0 saturated carbocycles. The zero-order valence-electron chi connectivity index (χ0n) is 16.4. The van der Waals surface area contributed by atoms with Crippen molar-refractivity contribution < 1.29 is 36.0 Å². The van der Waals surface area contributed by atoms with E-state index in [9.17, 15) is 18.9 Å². The van der Waals surface area contributed by atoms with E-state index >= 15 is 0 Å². The maximum atomic E-state index is 12.1. The summed E-state index contributed by atoms with van der Waals surface area (Å²) in [6.07, 6.45) is 0. The first-order valence-corrected chi connectivity index (χ1v) is 12.5. The van der Waals surface area contributed by atoms with Crippen LogP contribution in [0, 0.1) is 0 Å². The van der Waals surface area contributed by atoms with Gasteiger partial charge in [0.15, 0.2) is 0 Å². The first-order valence-electron chi connectivity index (χ1n) is 9.27. The van der Waals surface area contributed by atoms with Crippen LogP contribution < -0.4 is 31.0 Å². The van der Waals surface area contributed by atoms with Gasteiger partial charge in [0.25, 0.3) is 0 Å². The minimum atomic E-state index is -3.65. The third-order valence-electron chi connectivity index (χ3n) is 4.38. The second kappa shape index (κ2) is 11.4. The van der Waals surface area contributed by atoms with Crippen LogP contribution >= 0.6 is 14.7 Å². The molecule has 4 rings (SSSR count). The van der Waals surface area contributed by atoms with Crippen molar-refractivity contribution in [2.24, 2.45) is 0 Å². The smallest absolute Gasteiger partial charge is 0.793 e. The molecule has 0 aliphatic heterocycles. The van der Waals surface area contributed by atoms with Gasteiger partial charge < -0.3 is 18.9 Å². The third-order valence-corrected chi connectivity index (χ3v) is 8.30. The molecular weight excluding hydrogens is 470 g/mol. The van der Waals surface area contributed by atoms with E-state index in [0.29, 0.717) is 21.2 Å². The topological polar surface area (TPSA) is 80.3 Å². The number of benzene rings is 4. The van der Waals surface area contributed by atoms with Gasteiger partial charge in [0.05, 0.1) is 14.7 Å². The zero-order valence-corrected chi connectivity index (χ0v) is 19.3. The van der Waals surface area contributed by atoms with E-state index in [0.717, 1.165) is 0 Å².